The number of H-pyrrole nitrogens is 1. The van der Waals surface area contributed by atoms with Crippen molar-refractivity contribution in [1.82, 2.24) is 4.98 Å². The summed E-state index contributed by atoms with van der Waals surface area (Å²) in [5, 5.41) is 21.9. The normalized spacial score (nSPS) is 13.2. The first-order chi connectivity index (χ1) is 22.1. The van der Waals surface area contributed by atoms with Gasteiger partial charge in [-0.05, 0) is 24.3 Å². The molecular formula is C26H24F12N4O6. The molecule has 6 N–H and O–H groups in total. The number of nitrogens with zero attached hydrogens (tertiary/aromatic N) is 1. The van der Waals surface area contributed by atoms with Gasteiger partial charge in [-0.1, -0.05) is 0 Å². The predicted molar refractivity (Wildman–Crippen MR) is 144 cm³/mol. The lowest BCUT2D eigenvalue weighted by Crippen LogP contribution is -2.22. The van der Waals surface area contributed by atoms with Gasteiger partial charge in [0.2, 0.25) is 0 Å². The zero-order valence-electron chi connectivity index (χ0n) is 24.2. The van der Waals surface area contributed by atoms with Crippen molar-refractivity contribution in [3.63, 3.8) is 0 Å². The third-order valence-electron chi connectivity index (χ3n) is 5.52. The van der Waals surface area contributed by atoms with Gasteiger partial charge in [0.1, 0.15) is 5.82 Å². The monoisotopic (exact) mass is 716 g/mol. The topological polar surface area (TPSA) is 155 Å². The molecule has 0 radical (unpaired) electrons. The van der Waals surface area contributed by atoms with E-state index in [-0.39, 0.29) is 39.1 Å². The molecule has 0 unspecified atom stereocenters. The molecule has 0 atom stereocenters. The van der Waals surface area contributed by atoms with Crippen LogP contribution in [0.4, 0.5) is 58.5 Å². The van der Waals surface area contributed by atoms with Crippen molar-refractivity contribution >= 4 is 28.1 Å². The molecule has 0 saturated heterocycles. The number of nitrogens with two attached hydrogens (primary N) is 1. The number of nitrogens with one attached hydrogen (secondary N) is 2. The molecular weight excluding hydrogens is 692 g/mol. The number of aliphatic hydroxyl groups is 2. The van der Waals surface area contributed by atoms with Crippen LogP contribution in [0.25, 0.3) is 10.8 Å². The molecule has 48 heavy (non-hydrogen) atoms. The summed E-state index contributed by atoms with van der Waals surface area (Å²) in [6.45, 7) is -7.72. The van der Waals surface area contributed by atoms with Gasteiger partial charge in [-0.2, -0.15) is 52.7 Å². The molecule has 0 bridgehead atoms. The number of alkyl halides is 12. The van der Waals surface area contributed by atoms with Gasteiger partial charge >= 0.3 is 24.7 Å². The lowest BCUT2D eigenvalue weighted by atomic mass is 10.00. The summed E-state index contributed by atoms with van der Waals surface area (Å²) in [7, 11) is 2.00. The van der Waals surface area contributed by atoms with Crippen LogP contribution in [0, 0.1) is 5.41 Å². The van der Waals surface area contributed by atoms with Crippen LogP contribution in [0.5, 0.6) is 23.0 Å². The highest BCUT2D eigenvalue weighted by atomic mass is 19.4. The van der Waals surface area contributed by atoms with E-state index in [1.165, 1.54) is 0 Å². The first-order valence-electron chi connectivity index (χ1n) is 12.6. The van der Waals surface area contributed by atoms with Gasteiger partial charge in [0.05, 0.1) is 11.4 Å². The van der Waals surface area contributed by atoms with Crippen LogP contribution in [0.1, 0.15) is 16.8 Å². The number of anilines is 1. The lowest BCUT2D eigenvalue weighted by Gasteiger charge is -2.17. The van der Waals surface area contributed by atoms with Gasteiger partial charge < -0.3 is 39.9 Å². The van der Waals surface area contributed by atoms with E-state index < -0.39 is 80.0 Å². The molecule has 0 spiro atoms. The molecule has 2 heterocycles. The zero-order chi connectivity index (χ0) is 36.8. The lowest BCUT2D eigenvalue weighted by molar-refractivity contribution is -0.158. The maximum absolute atomic E-state index is 12.9. The second-order valence-corrected chi connectivity index (χ2v) is 9.03. The maximum atomic E-state index is 12.9. The Hall–Kier alpha value is -4.60. The first-order valence-corrected chi connectivity index (χ1v) is 12.6. The van der Waals surface area contributed by atoms with Crippen LogP contribution in [-0.2, 0) is 0 Å². The fourth-order valence-electron chi connectivity index (χ4n) is 3.91. The molecule has 0 fully saturated rings. The highest BCUT2D eigenvalue weighted by molar-refractivity contribution is 6.31. The Morgan fingerprint density at radius 2 is 0.938 bits per heavy atom. The van der Waals surface area contributed by atoms with Gasteiger partial charge in [-0.25, -0.2) is 4.99 Å². The van der Waals surface area contributed by atoms with Crippen molar-refractivity contribution in [2.24, 2.45) is 4.99 Å². The number of amidine groups is 1. The maximum Gasteiger partial charge on any atom is 0.422 e. The van der Waals surface area contributed by atoms with Crippen molar-refractivity contribution in [3.05, 3.63) is 41.1 Å². The van der Waals surface area contributed by atoms with Gasteiger partial charge in [-0.3, -0.25) is 5.41 Å². The van der Waals surface area contributed by atoms with Crippen molar-refractivity contribution < 1.29 is 81.8 Å². The molecule has 1 aliphatic rings. The SMILES string of the molecule is CO.CO.N=C1N=C(c2[nH]c(N)c3cc(OCC(F)(F)F)c(OCC(F)(F)F)cc23)c2cc(OCC(F)(F)F)c(OCC(F)(F)F)cc21. The number of hydrogen-bond donors (Lipinski definition) is 5. The number of aliphatic hydroxyl groups excluding tert-OH is 2. The summed E-state index contributed by atoms with van der Waals surface area (Å²) in [6, 6.07) is 3.26. The molecule has 0 aliphatic carbocycles. The molecule has 4 rings (SSSR count). The van der Waals surface area contributed by atoms with Crippen molar-refractivity contribution in [1.29, 1.82) is 5.41 Å². The minimum absolute atomic E-state index is 0.113. The van der Waals surface area contributed by atoms with E-state index in [9.17, 15) is 52.7 Å². The number of halogens is 12. The molecule has 1 aliphatic heterocycles. The van der Waals surface area contributed by atoms with Gasteiger partial charge in [0.25, 0.3) is 0 Å². The summed E-state index contributed by atoms with van der Waals surface area (Å²) >= 11 is 0. The van der Waals surface area contributed by atoms with E-state index in [4.69, 9.17) is 21.4 Å². The summed E-state index contributed by atoms with van der Waals surface area (Å²) in [6.07, 6.45) is -19.6. The van der Waals surface area contributed by atoms with Gasteiger partial charge in [0, 0.05) is 36.1 Å². The Kier molecular flexibility index (Phi) is 12.4. The number of aromatic amines is 1. The van der Waals surface area contributed by atoms with Crippen LogP contribution in [0.2, 0.25) is 0 Å². The third-order valence-corrected chi connectivity index (χ3v) is 5.52. The number of aliphatic imine (C=N–C) groups is 1. The predicted octanol–water partition coefficient (Wildman–Crippen LogP) is 5.91. The molecule has 268 valence electrons. The van der Waals surface area contributed by atoms with Crippen LogP contribution < -0.4 is 24.7 Å². The summed E-state index contributed by atoms with van der Waals surface area (Å²) in [4.78, 5) is 6.54. The third kappa shape index (κ3) is 10.7. The Morgan fingerprint density at radius 1 is 0.604 bits per heavy atom. The van der Waals surface area contributed by atoms with E-state index in [0.29, 0.717) is 0 Å². The number of hydrogen-bond acceptors (Lipinski definition) is 8. The first kappa shape index (κ1) is 39.6. The Morgan fingerprint density at radius 3 is 1.31 bits per heavy atom. The number of ether oxygens (including phenoxy) is 4. The molecule has 22 heteroatoms. The van der Waals surface area contributed by atoms with E-state index in [0.717, 1.165) is 38.5 Å². The van der Waals surface area contributed by atoms with Crippen LogP contribution in [-0.4, -0.2) is 92.1 Å². The largest absolute Gasteiger partial charge is 0.480 e. The highest BCUT2D eigenvalue weighted by Gasteiger charge is 2.35. The fraction of sp³-hybridized carbons (Fsp3) is 0.385. The number of fused-ring (bicyclic) bond motifs is 2. The number of nitrogen functional groups attached to an aromatic ring is 1. The Labute approximate surface area is 261 Å². The molecule has 3 aromatic rings. The molecule has 1 aromatic heterocycles. The van der Waals surface area contributed by atoms with E-state index in [1.54, 1.807) is 0 Å². The van der Waals surface area contributed by atoms with Crippen LogP contribution in [0.15, 0.2) is 29.3 Å². The minimum atomic E-state index is -4.92. The molecule has 2 aromatic carbocycles. The van der Waals surface area contributed by atoms with Crippen LogP contribution >= 0.6 is 0 Å². The average Bonchev–Trinajstić information content (AvgIpc) is 3.47. The number of benzene rings is 2. The van der Waals surface area contributed by atoms with Gasteiger partial charge in [-0.15, -0.1) is 0 Å². The van der Waals surface area contributed by atoms with Crippen molar-refractivity contribution in [2.75, 3.05) is 46.4 Å². The standard InChI is InChI=1S/C24H16F12N4O4.2CH4O/c25-21(26,27)5-41-13-1-9-11(3-15(13)43-7-23(31,32)33)19(37)39-17(9)18-10-2-14(42-6-22(28,29)30)16(44-8-24(34,35)36)4-12(10)20(38)40-18;2*1-2/h1-4,37,40H,5-8,38H2;2*2H,1H3. The Bertz CT molecular complexity index is 1610. The summed E-state index contributed by atoms with van der Waals surface area (Å²) in [5.41, 5.74) is 5.04. The van der Waals surface area contributed by atoms with Crippen molar-refractivity contribution in [3.8, 4) is 23.0 Å². The number of rotatable bonds is 9. The summed E-state index contributed by atoms with van der Waals surface area (Å²) < 4.78 is 172. The minimum Gasteiger partial charge on any atom is -0.480 e. The Balaban J connectivity index is 0.00000193. The van der Waals surface area contributed by atoms with Gasteiger partial charge in [0.15, 0.2) is 55.3 Å². The fourth-order valence-corrected chi connectivity index (χ4v) is 3.91. The molecule has 0 amide bonds. The molecule has 0 saturated carbocycles. The van der Waals surface area contributed by atoms with E-state index >= 15 is 0 Å². The van der Waals surface area contributed by atoms with E-state index in [2.05, 4.69) is 28.9 Å². The second kappa shape index (κ2) is 15.1. The van der Waals surface area contributed by atoms with Crippen LogP contribution in [0.3, 0.4) is 0 Å². The second-order valence-electron chi connectivity index (χ2n) is 9.03. The van der Waals surface area contributed by atoms with Crippen molar-refractivity contribution in [2.45, 2.75) is 24.7 Å². The smallest absolute Gasteiger partial charge is 0.422 e. The zero-order valence-corrected chi connectivity index (χ0v) is 24.2. The average molecular weight is 716 g/mol. The highest BCUT2D eigenvalue weighted by Crippen LogP contribution is 2.42. The number of aromatic nitrogens is 1. The quantitative estimate of drug-likeness (QED) is 0.173. The summed E-state index contributed by atoms with van der Waals surface area (Å²) in [5.74, 6) is -4.11. The van der Waals surface area contributed by atoms with E-state index in [1.807, 2.05) is 0 Å². The molecule has 10 nitrogen and oxygen atoms in total.